The van der Waals surface area contributed by atoms with Crippen molar-refractivity contribution in [2.24, 2.45) is 4.99 Å². The highest BCUT2D eigenvalue weighted by molar-refractivity contribution is 9.09. The first-order chi connectivity index (χ1) is 6.69. The number of alkyl halides is 1. The van der Waals surface area contributed by atoms with E-state index in [1.165, 1.54) is 6.20 Å². The van der Waals surface area contributed by atoms with Crippen LogP contribution in [0.15, 0.2) is 17.3 Å². The molecule has 1 rings (SSSR count). The number of aliphatic imine (C=N–C) groups is 1. The van der Waals surface area contributed by atoms with Crippen LogP contribution in [0.2, 0.25) is 0 Å². The largest absolute Gasteiger partial charge is 0.383 e. The molecule has 1 aromatic rings. The molecule has 0 fully saturated rings. The first-order valence-electron chi connectivity index (χ1n) is 3.96. The van der Waals surface area contributed by atoms with Crippen LogP contribution in [0, 0.1) is 0 Å². The number of nitrogen functional groups attached to an aromatic ring is 1. The zero-order valence-electron chi connectivity index (χ0n) is 7.70. The number of hydrogen-bond acceptors (Lipinski definition) is 4. The maximum atomic E-state index is 11.3. The molecule has 0 spiro atoms. The van der Waals surface area contributed by atoms with E-state index in [2.05, 4.69) is 25.9 Å². The third-order valence-electron chi connectivity index (χ3n) is 1.66. The number of nitrogens with two attached hydrogens (primary N) is 1. The Balaban J connectivity index is 3.12. The number of hydrogen-bond donors (Lipinski definition) is 1. The average molecular weight is 256 g/mol. The highest BCUT2D eigenvalue weighted by atomic mass is 79.9. The van der Waals surface area contributed by atoms with Gasteiger partial charge in [-0.15, -0.1) is 0 Å². The fraction of sp³-hybridized carbons (Fsp3) is 0.222. The van der Waals surface area contributed by atoms with E-state index < -0.39 is 0 Å². The molecule has 0 radical (unpaired) electrons. The number of nitrogens with zero attached hydrogens (tertiary/aromatic N) is 2. The van der Waals surface area contributed by atoms with Crippen LogP contribution in [0.25, 0.3) is 0 Å². The molecule has 0 bridgehead atoms. The predicted molar refractivity (Wildman–Crippen MR) is 60.3 cm³/mol. The van der Waals surface area contributed by atoms with Gasteiger partial charge in [0.05, 0.1) is 5.33 Å². The number of halogens is 1. The van der Waals surface area contributed by atoms with Gasteiger partial charge in [0.2, 0.25) is 0 Å². The summed E-state index contributed by atoms with van der Waals surface area (Å²) < 4.78 is 0. The Labute approximate surface area is 90.4 Å². The summed E-state index contributed by atoms with van der Waals surface area (Å²) in [4.78, 5) is 19.0. The predicted octanol–water partition coefficient (Wildman–Crippen LogP) is 1.29. The first-order valence-corrected chi connectivity index (χ1v) is 5.08. The molecule has 4 nitrogen and oxygen atoms in total. The molecule has 0 unspecified atom stereocenters. The lowest BCUT2D eigenvalue weighted by Crippen LogP contribution is -2.05. The van der Waals surface area contributed by atoms with Crippen molar-refractivity contribution in [2.45, 2.75) is 0 Å². The number of rotatable bonds is 3. The third-order valence-corrected chi connectivity index (χ3v) is 2.17. The van der Waals surface area contributed by atoms with Crippen LogP contribution in [0.4, 0.5) is 5.82 Å². The lowest BCUT2D eigenvalue weighted by molar-refractivity contribution is 0.102. The number of Topliss-reactive ketones (excluding diaryl/α,β-unsaturated/α-hetero) is 1. The van der Waals surface area contributed by atoms with Crippen molar-refractivity contribution >= 4 is 33.7 Å². The van der Waals surface area contributed by atoms with Gasteiger partial charge in [-0.25, -0.2) is 4.98 Å². The van der Waals surface area contributed by atoms with E-state index in [1.807, 2.05) is 0 Å². The maximum absolute atomic E-state index is 11.3. The monoisotopic (exact) mass is 255 g/mol. The highest BCUT2D eigenvalue weighted by Crippen LogP contribution is 2.09. The number of carbonyl (C=O) groups is 1. The second-order valence-corrected chi connectivity index (χ2v) is 3.20. The van der Waals surface area contributed by atoms with Crippen LogP contribution < -0.4 is 5.73 Å². The van der Waals surface area contributed by atoms with Crippen LogP contribution >= 0.6 is 15.9 Å². The van der Waals surface area contributed by atoms with Gasteiger partial charge in [0.1, 0.15) is 5.82 Å². The van der Waals surface area contributed by atoms with Gasteiger partial charge in [-0.2, -0.15) is 0 Å². The van der Waals surface area contributed by atoms with E-state index in [4.69, 9.17) is 5.73 Å². The first kappa shape index (κ1) is 10.8. The second kappa shape index (κ2) is 4.85. The minimum Gasteiger partial charge on any atom is -0.383 e. The minimum atomic E-state index is -0.0248. The maximum Gasteiger partial charge on any atom is 0.174 e. The minimum absolute atomic E-state index is 0.0248. The van der Waals surface area contributed by atoms with Gasteiger partial charge in [-0.1, -0.05) is 15.9 Å². The summed E-state index contributed by atoms with van der Waals surface area (Å²) in [5.41, 5.74) is 6.79. The topological polar surface area (TPSA) is 68.3 Å². The van der Waals surface area contributed by atoms with Gasteiger partial charge in [0.25, 0.3) is 0 Å². The van der Waals surface area contributed by atoms with Crippen LogP contribution in [0.5, 0.6) is 0 Å². The molecular weight excluding hydrogens is 246 g/mol. The molecule has 0 aliphatic heterocycles. The Kier molecular flexibility index (Phi) is 3.76. The van der Waals surface area contributed by atoms with Gasteiger partial charge in [0.15, 0.2) is 5.78 Å². The number of aromatic nitrogens is 1. The molecule has 14 heavy (non-hydrogen) atoms. The number of anilines is 1. The highest BCUT2D eigenvalue weighted by Gasteiger charge is 2.06. The SMILES string of the molecule is CN=Cc1cc(C(=O)CBr)cnc1N. The Morgan fingerprint density at radius 1 is 1.79 bits per heavy atom. The van der Waals surface area contributed by atoms with Crippen molar-refractivity contribution in [3.05, 3.63) is 23.4 Å². The van der Waals surface area contributed by atoms with E-state index >= 15 is 0 Å². The summed E-state index contributed by atoms with van der Waals surface area (Å²) in [7, 11) is 1.64. The van der Waals surface area contributed by atoms with Gasteiger partial charge in [0, 0.05) is 30.6 Å². The number of carbonyl (C=O) groups excluding carboxylic acids is 1. The van der Waals surface area contributed by atoms with E-state index in [9.17, 15) is 4.79 Å². The van der Waals surface area contributed by atoms with E-state index in [-0.39, 0.29) is 11.1 Å². The fourth-order valence-corrected chi connectivity index (χ4v) is 1.29. The quantitative estimate of drug-likeness (QED) is 0.503. The second-order valence-electron chi connectivity index (χ2n) is 2.64. The van der Waals surface area contributed by atoms with Crippen molar-refractivity contribution in [1.82, 2.24) is 4.98 Å². The average Bonchev–Trinajstić information content (AvgIpc) is 2.20. The standard InChI is InChI=1S/C9H10BrN3O/c1-12-4-7-2-6(8(14)3-10)5-13-9(7)11/h2,4-5H,3H2,1H3,(H2,11,13). The zero-order chi connectivity index (χ0) is 10.6. The Morgan fingerprint density at radius 3 is 3.07 bits per heavy atom. The molecule has 5 heteroatoms. The summed E-state index contributed by atoms with van der Waals surface area (Å²) in [5, 5.41) is 0.279. The lowest BCUT2D eigenvalue weighted by Gasteiger charge is -2.01. The van der Waals surface area contributed by atoms with Gasteiger partial charge < -0.3 is 5.73 Å². The molecule has 1 heterocycles. The summed E-state index contributed by atoms with van der Waals surface area (Å²) in [6.45, 7) is 0. The molecule has 0 aliphatic rings. The molecular formula is C9H10BrN3O. The summed E-state index contributed by atoms with van der Waals surface area (Å²) in [6, 6.07) is 1.68. The summed E-state index contributed by atoms with van der Waals surface area (Å²) in [5.74, 6) is 0.352. The normalized spacial score (nSPS) is 10.7. The van der Waals surface area contributed by atoms with Gasteiger partial charge in [-0.05, 0) is 6.07 Å². The Morgan fingerprint density at radius 2 is 2.50 bits per heavy atom. The zero-order valence-corrected chi connectivity index (χ0v) is 9.28. The molecule has 0 saturated heterocycles. The van der Waals surface area contributed by atoms with Crippen LogP contribution in [-0.2, 0) is 0 Å². The summed E-state index contributed by atoms with van der Waals surface area (Å²) in [6.07, 6.45) is 3.04. The van der Waals surface area contributed by atoms with Crippen molar-refractivity contribution in [3.8, 4) is 0 Å². The van der Waals surface area contributed by atoms with E-state index in [1.54, 1.807) is 19.3 Å². The molecule has 0 atom stereocenters. The Hall–Kier alpha value is -1.23. The smallest absolute Gasteiger partial charge is 0.174 e. The molecule has 74 valence electrons. The molecule has 1 aromatic heterocycles. The van der Waals surface area contributed by atoms with Crippen molar-refractivity contribution in [2.75, 3.05) is 18.1 Å². The summed E-state index contributed by atoms with van der Waals surface area (Å²) >= 11 is 3.09. The van der Waals surface area contributed by atoms with Gasteiger partial charge in [-0.3, -0.25) is 9.79 Å². The van der Waals surface area contributed by atoms with Crippen LogP contribution in [0.1, 0.15) is 15.9 Å². The molecule has 2 N–H and O–H groups in total. The van der Waals surface area contributed by atoms with Crippen molar-refractivity contribution in [3.63, 3.8) is 0 Å². The third kappa shape index (κ3) is 2.38. The molecule has 0 amide bonds. The molecule has 0 aromatic carbocycles. The van der Waals surface area contributed by atoms with E-state index in [0.717, 1.165) is 0 Å². The van der Waals surface area contributed by atoms with E-state index in [0.29, 0.717) is 16.9 Å². The van der Waals surface area contributed by atoms with Gasteiger partial charge >= 0.3 is 0 Å². The number of ketones is 1. The Bertz CT molecular complexity index is 376. The lowest BCUT2D eigenvalue weighted by atomic mass is 10.1. The molecule has 0 aliphatic carbocycles. The van der Waals surface area contributed by atoms with Crippen molar-refractivity contribution < 1.29 is 4.79 Å². The van der Waals surface area contributed by atoms with Crippen LogP contribution in [0.3, 0.4) is 0 Å². The number of pyridine rings is 1. The molecule has 0 saturated carbocycles. The fourth-order valence-electron chi connectivity index (χ4n) is 0.964. The van der Waals surface area contributed by atoms with Crippen LogP contribution in [-0.4, -0.2) is 29.4 Å². The van der Waals surface area contributed by atoms with Crippen molar-refractivity contribution in [1.29, 1.82) is 0 Å².